The van der Waals surface area contributed by atoms with Crippen LogP contribution in [0.15, 0.2) is 55.2 Å². The monoisotopic (exact) mass is 365 g/mol. The van der Waals surface area contributed by atoms with Crippen molar-refractivity contribution in [3.05, 3.63) is 66.4 Å². The molecule has 27 heavy (non-hydrogen) atoms. The van der Waals surface area contributed by atoms with Crippen LogP contribution < -0.4 is 10.1 Å². The van der Waals surface area contributed by atoms with E-state index in [1.165, 1.54) is 22.9 Å². The van der Waals surface area contributed by atoms with Crippen LogP contribution in [0.25, 0.3) is 5.82 Å². The van der Waals surface area contributed by atoms with Gasteiger partial charge in [-0.25, -0.2) is 14.6 Å². The first-order valence-corrected chi connectivity index (χ1v) is 8.77. The SMILES string of the molecule is CC(C)(C)c1cccc(OCCNC(=O)c2cccnc2-n2cncn2)c1. The number of rotatable bonds is 6. The molecule has 0 bridgehead atoms. The second kappa shape index (κ2) is 7.99. The summed E-state index contributed by atoms with van der Waals surface area (Å²) in [6, 6.07) is 11.4. The standard InChI is InChI=1S/C20H23N5O2/c1-20(2,3)15-6-4-7-16(12-15)27-11-10-23-19(26)17-8-5-9-22-18(17)25-14-21-13-24-25/h4-9,12-14H,10-11H2,1-3H3,(H,23,26). The van der Waals surface area contributed by atoms with Gasteiger partial charge in [-0.05, 0) is 35.2 Å². The number of pyridine rings is 1. The van der Waals surface area contributed by atoms with Gasteiger partial charge in [0.1, 0.15) is 25.0 Å². The molecule has 2 heterocycles. The van der Waals surface area contributed by atoms with Crippen molar-refractivity contribution in [1.82, 2.24) is 25.1 Å². The molecule has 3 rings (SSSR count). The first-order chi connectivity index (χ1) is 12.9. The Morgan fingerprint density at radius 2 is 2.07 bits per heavy atom. The van der Waals surface area contributed by atoms with E-state index in [2.05, 4.69) is 47.2 Å². The summed E-state index contributed by atoms with van der Waals surface area (Å²) in [4.78, 5) is 20.6. The minimum absolute atomic E-state index is 0.0612. The van der Waals surface area contributed by atoms with Crippen LogP contribution in [0.2, 0.25) is 0 Å². The minimum Gasteiger partial charge on any atom is -0.492 e. The van der Waals surface area contributed by atoms with E-state index >= 15 is 0 Å². The van der Waals surface area contributed by atoms with Crippen LogP contribution in [0.4, 0.5) is 0 Å². The summed E-state index contributed by atoms with van der Waals surface area (Å²) < 4.78 is 7.23. The van der Waals surface area contributed by atoms with Gasteiger partial charge in [0, 0.05) is 6.20 Å². The van der Waals surface area contributed by atoms with E-state index in [1.54, 1.807) is 18.3 Å². The average Bonchev–Trinajstić information content (AvgIpc) is 3.19. The van der Waals surface area contributed by atoms with Crippen molar-refractivity contribution in [1.29, 1.82) is 0 Å². The van der Waals surface area contributed by atoms with Crippen molar-refractivity contribution in [2.75, 3.05) is 13.2 Å². The van der Waals surface area contributed by atoms with Crippen LogP contribution in [0, 0.1) is 0 Å². The number of hydrogen-bond donors (Lipinski definition) is 1. The Labute approximate surface area is 158 Å². The molecule has 0 fully saturated rings. The lowest BCUT2D eigenvalue weighted by atomic mass is 9.87. The third kappa shape index (κ3) is 4.69. The number of carbonyl (C=O) groups is 1. The van der Waals surface area contributed by atoms with Crippen molar-refractivity contribution >= 4 is 5.91 Å². The summed E-state index contributed by atoms with van der Waals surface area (Å²) in [5, 5.41) is 6.88. The molecule has 0 aliphatic carbocycles. The highest BCUT2D eigenvalue weighted by Gasteiger charge is 2.15. The molecule has 1 amide bonds. The number of benzene rings is 1. The topological polar surface area (TPSA) is 81.9 Å². The number of aromatic nitrogens is 4. The van der Waals surface area contributed by atoms with Crippen molar-refractivity contribution in [3.63, 3.8) is 0 Å². The fraction of sp³-hybridized carbons (Fsp3) is 0.300. The molecule has 3 aromatic rings. The van der Waals surface area contributed by atoms with Gasteiger partial charge < -0.3 is 10.1 Å². The zero-order valence-corrected chi connectivity index (χ0v) is 15.7. The molecule has 0 saturated carbocycles. The van der Waals surface area contributed by atoms with Crippen molar-refractivity contribution in [2.24, 2.45) is 0 Å². The van der Waals surface area contributed by atoms with Crippen LogP contribution in [-0.4, -0.2) is 38.8 Å². The van der Waals surface area contributed by atoms with Crippen LogP contribution in [0.3, 0.4) is 0 Å². The molecule has 140 valence electrons. The maximum absolute atomic E-state index is 12.5. The lowest BCUT2D eigenvalue weighted by Gasteiger charge is -2.19. The lowest BCUT2D eigenvalue weighted by Crippen LogP contribution is -2.29. The summed E-state index contributed by atoms with van der Waals surface area (Å²) in [6.07, 6.45) is 4.51. The Balaban J connectivity index is 1.57. The molecule has 0 aliphatic rings. The Bertz CT molecular complexity index is 901. The predicted molar refractivity (Wildman–Crippen MR) is 102 cm³/mol. The minimum atomic E-state index is -0.236. The summed E-state index contributed by atoms with van der Waals surface area (Å²) in [6.45, 7) is 7.23. The van der Waals surface area contributed by atoms with Gasteiger partial charge >= 0.3 is 0 Å². The van der Waals surface area contributed by atoms with Gasteiger partial charge in [-0.3, -0.25) is 4.79 Å². The largest absolute Gasteiger partial charge is 0.492 e. The number of hydrogen-bond acceptors (Lipinski definition) is 5. The number of nitrogens with zero attached hydrogens (tertiary/aromatic N) is 4. The van der Waals surface area contributed by atoms with E-state index in [1.807, 2.05) is 18.2 Å². The fourth-order valence-electron chi connectivity index (χ4n) is 2.56. The smallest absolute Gasteiger partial charge is 0.255 e. The average molecular weight is 365 g/mol. The van der Waals surface area contributed by atoms with Gasteiger partial charge in [-0.15, -0.1) is 0 Å². The zero-order valence-electron chi connectivity index (χ0n) is 15.7. The molecule has 1 aromatic carbocycles. The highest BCUT2D eigenvalue weighted by Crippen LogP contribution is 2.25. The molecular weight excluding hydrogens is 342 g/mol. The van der Waals surface area contributed by atoms with Crippen LogP contribution in [0.5, 0.6) is 5.75 Å². The molecule has 1 N–H and O–H groups in total. The summed E-state index contributed by atoms with van der Waals surface area (Å²) in [5.74, 6) is 0.994. The van der Waals surface area contributed by atoms with Crippen LogP contribution >= 0.6 is 0 Å². The van der Waals surface area contributed by atoms with Crippen molar-refractivity contribution in [3.8, 4) is 11.6 Å². The van der Waals surface area contributed by atoms with Gasteiger partial charge in [0.05, 0.1) is 12.1 Å². The first-order valence-electron chi connectivity index (χ1n) is 8.77. The van der Waals surface area contributed by atoms with Gasteiger partial charge in [0.25, 0.3) is 5.91 Å². The van der Waals surface area contributed by atoms with Gasteiger partial charge in [-0.1, -0.05) is 32.9 Å². The lowest BCUT2D eigenvalue weighted by molar-refractivity contribution is 0.0946. The van der Waals surface area contributed by atoms with Crippen molar-refractivity contribution < 1.29 is 9.53 Å². The maximum atomic E-state index is 12.5. The molecule has 7 nitrogen and oxygen atoms in total. The quantitative estimate of drug-likeness (QED) is 0.679. The number of ether oxygens (including phenoxy) is 1. The summed E-state index contributed by atoms with van der Waals surface area (Å²) >= 11 is 0. The molecule has 0 unspecified atom stereocenters. The molecule has 0 radical (unpaired) electrons. The highest BCUT2D eigenvalue weighted by molar-refractivity contribution is 5.97. The molecule has 0 aliphatic heterocycles. The van der Waals surface area contributed by atoms with Gasteiger partial charge in [0.15, 0.2) is 5.82 Å². The first kappa shape index (κ1) is 18.6. The van der Waals surface area contributed by atoms with E-state index in [4.69, 9.17) is 4.74 Å². The summed E-state index contributed by atoms with van der Waals surface area (Å²) in [7, 11) is 0. The Kier molecular flexibility index (Phi) is 5.49. The third-order valence-electron chi connectivity index (χ3n) is 4.02. The second-order valence-electron chi connectivity index (χ2n) is 7.10. The molecular formula is C20H23N5O2. The normalized spacial score (nSPS) is 11.2. The van der Waals surface area contributed by atoms with E-state index in [0.29, 0.717) is 24.5 Å². The predicted octanol–water partition coefficient (Wildman–Crippen LogP) is 2.77. The van der Waals surface area contributed by atoms with Crippen molar-refractivity contribution in [2.45, 2.75) is 26.2 Å². The Hall–Kier alpha value is -3.22. The fourth-order valence-corrected chi connectivity index (χ4v) is 2.56. The Morgan fingerprint density at radius 3 is 2.81 bits per heavy atom. The van der Waals surface area contributed by atoms with Crippen LogP contribution in [0.1, 0.15) is 36.7 Å². The Morgan fingerprint density at radius 1 is 1.22 bits per heavy atom. The third-order valence-corrected chi connectivity index (χ3v) is 4.02. The zero-order chi connectivity index (χ0) is 19.3. The molecule has 0 saturated heterocycles. The number of amides is 1. The number of carbonyl (C=O) groups excluding carboxylic acids is 1. The van der Waals surface area contributed by atoms with Gasteiger partial charge in [-0.2, -0.15) is 5.10 Å². The molecule has 7 heteroatoms. The van der Waals surface area contributed by atoms with E-state index in [-0.39, 0.29) is 11.3 Å². The summed E-state index contributed by atoms with van der Waals surface area (Å²) in [5.41, 5.74) is 1.70. The molecule has 0 spiro atoms. The van der Waals surface area contributed by atoms with Gasteiger partial charge in [0.2, 0.25) is 0 Å². The van der Waals surface area contributed by atoms with E-state index < -0.39 is 0 Å². The van der Waals surface area contributed by atoms with E-state index in [9.17, 15) is 4.79 Å². The maximum Gasteiger partial charge on any atom is 0.255 e. The number of nitrogens with one attached hydrogen (secondary N) is 1. The second-order valence-corrected chi connectivity index (χ2v) is 7.10. The van der Waals surface area contributed by atoms with Crippen LogP contribution in [-0.2, 0) is 5.41 Å². The molecule has 2 aromatic heterocycles. The van der Waals surface area contributed by atoms with E-state index in [0.717, 1.165) is 5.75 Å². The highest BCUT2D eigenvalue weighted by atomic mass is 16.5. The molecule has 0 atom stereocenters.